The van der Waals surface area contributed by atoms with Gasteiger partial charge in [0.15, 0.2) is 0 Å². The highest BCUT2D eigenvalue weighted by Crippen LogP contribution is 2.24. The van der Waals surface area contributed by atoms with Crippen LogP contribution in [0.15, 0.2) is 35.3 Å². The van der Waals surface area contributed by atoms with Gasteiger partial charge in [-0.15, -0.1) is 0 Å². The first-order valence-electron chi connectivity index (χ1n) is 5.75. The zero-order valence-corrected chi connectivity index (χ0v) is 11.2. The van der Waals surface area contributed by atoms with Crippen molar-refractivity contribution >= 4 is 22.5 Å². The molecule has 0 saturated carbocycles. The van der Waals surface area contributed by atoms with Crippen molar-refractivity contribution in [3.05, 3.63) is 51.5 Å². The Labute approximate surface area is 114 Å². The summed E-state index contributed by atoms with van der Waals surface area (Å²) in [6.07, 6.45) is 1.73. The highest BCUT2D eigenvalue weighted by Gasteiger charge is 2.12. The number of hydrogen-bond acceptors (Lipinski definition) is 3. The lowest BCUT2D eigenvalue weighted by molar-refractivity contribution is 0.796. The fourth-order valence-electron chi connectivity index (χ4n) is 2.15. The van der Waals surface area contributed by atoms with Crippen molar-refractivity contribution in [2.45, 2.75) is 6.92 Å². The van der Waals surface area contributed by atoms with Gasteiger partial charge in [0.05, 0.1) is 17.4 Å². The number of benzene rings is 1. The molecule has 0 amide bonds. The minimum atomic E-state index is -0.219. The predicted octanol–water partition coefficient (Wildman–Crippen LogP) is 2.08. The molecule has 2 aromatic heterocycles. The highest BCUT2D eigenvalue weighted by atomic mass is 35.5. The Hall–Kier alpha value is -2.14. The van der Waals surface area contributed by atoms with Crippen LogP contribution in [-0.2, 0) is 7.05 Å². The fourth-order valence-corrected chi connectivity index (χ4v) is 2.29. The number of aryl methyl sites for hydroxylation is 2. The second-order valence-corrected chi connectivity index (χ2v) is 4.73. The topological polar surface area (TPSA) is 52.7 Å². The van der Waals surface area contributed by atoms with Crippen LogP contribution in [0.1, 0.15) is 5.56 Å². The molecule has 0 radical (unpaired) electrons. The van der Waals surface area contributed by atoms with Gasteiger partial charge in [-0.05, 0) is 24.6 Å². The van der Waals surface area contributed by atoms with Gasteiger partial charge < -0.3 is 0 Å². The monoisotopic (exact) mass is 274 g/mol. The predicted molar refractivity (Wildman–Crippen MR) is 73.9 cm³/mol. The lowest BCUT2D eigenvalue weighted by Crippen LogP contribution is -2.20. The maximum absolute atomic E-state index is 12.0. The van der Waals surface area contributed by atoms with Crippen molar-refractivity contribution in [3.8, 4) is 5.69 Å². The van der Waals surface area contributed by atoms with Gasteiger partial charge in [0.2, 0.25) is 0 Å². The van der Waals surface area contributed by atoms with E-state index in [9.17, 15) is 4.79 Å². The van der Waals surface area contributed by atoms with E-state index in [-0.39, 0.29) is 10.7 Å². The van der Waals surface area contributed by atoms with E-state index in [1.165, 1.54) is 16.8 Å². The standard InChI is InChI=1S/C13H11ClN4O/c1-8-3-4-10-9(7-15-17(10)2)13(8)18-12(19)6-5-11(14)16-18/h3-7H,1-2H3. The minimum Gasteiger partial charge on any atom is -0.268 e. The molecule has 2 heterocycles. The van der Waals surface area contributed by atoms with Crippen LogP contribution in [0.25, 0.3) is 16.6 Å². The van der Waals surface area contributed by atoms with E-state index in [2.05, 4.69) is 10.2 Å². The second-order valence-electron chi connectivity index (χ2n) is 4.34. The Morgan fingerprint density at radius 2 is 2.00 bits per heavy atom. The van der Waals surface area contributed by atoms with Crippen molar-refractivity contribution in [1.29, 1.82) is 0 Å². The average molecular weight is 275 g/mol. The quantitative estimate of drug-likeness (QED) is 0.683. The normalized spacial score (nSPS) is 11.1. The van der Waals surface area contributed by atoms with Crippen LogP contribution in [0, 0.1) is 6.92 Å². The largest absolute Gasteiger partial charge is 0.271 e. The molecule has 0 spiro atoms. The van der Waals surface area contributed by atoms with Gasteiger partial charge in [-0.1, -0.05) is 17.7 Å². The van der Waals surface area contributed by atoms with E-state index in [1.807, 2.05) is 26.1 Å². The summed E-state index contributed by atoms with van der Waals surface area (Å²) >= 11 is 5.88. The molecule has 0 unspecified atom stereocenters. The van der Waals surface area contributed by atoms with E-state index in [0.717, 1.165) is 22.2 Å². The first-order valence-corrected chi connectivity index (χ1v) is 6.13. The van der Waals surface area contributed by atoms with E-state index < -0.39 is 0 Å². The van der Waals surface area contributed by atoms with Gasteiger partial charge in [-0.3, -0.25) is 9.48 Å². The summed E-state index contributed by atoms with van der Waals surface area (Å²) in [5.74, 6) is 0. The third kappa shape index (κ3) is 1.82. The van der Waals surface area contributed by atoms with Crippen molar-refractivity contribution < 1.29 is 0 Å². The molecule has 0 saturated heterocycles. The van der Waals surface area contributed by atoms with Crippen molar-refractivity contribution in [1.82, 2.24) is 19.6 Å². The second kappa shape index (κ2) is 4.20. The first-order chi connectivity index (χ1) is 9.08. The maximum atomic E-state index is 12.0. The zero-order chi connectivity index (χ0) is 13.6. The van der Waals surface area contributed by atoms with E-state index >= 15 is 0 Å². The molecule has 0 aliphatic carbocycles. The smallest absolute Gasteiger partial charge is 0.268 e. The van der Waals surface area contributed by atoms with E-state index in [0.29, 0.717) is 0 Å². The molecule has 3 rings (SSSR count). The Kier molecular flexibility index (Phi) is 2.64. The van der Waals surface area contributed by atoms with E-state index in [1.54, 1.807) is 10.9 Å². The average Bonchev–Trinajstić information content (AvgIpc) is 2.75. The van der Waals surface area contributed by atoms with Crippen LogP contribution in [0.4, 0.5) is 0 Å². The van der Waals surface area contributed by atoms with Crippen molar-refractivity contribution in [3.63, 3.8) is 0 Å². The summed E-state index contributed by atoms with van der Waals surface area (Å²) in [5, 5.41) is 9.46. The van der Waals surface area contributed by atoms with Crippen LogP contribution in [0.2, 0.25) is 5.15 Å². The molecular formula is C13H11ClN4O. The molecule has 0 fully saturated rings. The Balaban J connectivity index is 2.45. The number of halogens is 1. The van der Waals surface area contributed by atoms with Gasteiger partial charge in [0.25, 0.3) is 5.56 Å². The molecule has 0 aliphatic rings. The molecule has 3 aromatic rings. The van der Waals surface area contributed by atoms with Gasteiger partial charge in [-0.25, -0.2) is 0 Å². The Morgan fingerprint density at radius 1 is 1.21 bits per heavy atom. The number of hydrogen-bond donors (Lipinski definition) is 0. The molecule has 96 valence electrons. The summed E-state index contributed by atoms with van der Waals surface area (Å²) in [5.41, 5.74) is 2.38. The molecule has 6 heteroatoms. The van der Waals surface area contributed by atoms with Crippen LogP contribution in [0.3, 0.4) is 0 Å². The van der Waals surface area contributed by atoms with E-state index in [4.69, 9.17) is 11.6 Å². The van der Waals surface area contributed by atoms with Crippen LogP contribution < -0.4 is 5.56 Å². The molecule has 0 atom stereocenters. The molecular weight excluding hydrogens is 264 g/mol. The number of aromatic nitrogens is 4. The van der Waals surface area contributed by atoms with Gasteiger partial charge in [0, 0.05) is 18.5 Å². The molecule has 19 heavy (non-hydrogen) atoms. The van der Waals surface area contributed by atoms with Gasteiger partial charge in [0.1, 0.15) is 5.15 Å². The SMILES string of the molecule is Cc1ccc2c(cnn2C)c1-n1nc(Cl)ccc1=O. The number of nitrogens with zero attached hydrogens (tertiary/aromatic N) is 4. The third-order valence-corrected chi connectivity index (χ3v) is 3.29. The zero-order valence-electron chi connectivity index (χ0n) is 10.5. The third-order valence-electron chi connectivity index (χ3n) is 3.08. The summed E-state index contributed by atoms with van der Waals surface area (Å²) in [6, 6.07) is 6.80. The summed E-state index contributed by atoms with van der Waals surface area (Å²) in [4.78, 5) is 12.0. The lowest BCUT2D eigenvalue weighted by Gasteiger charge is -2.09. The minimum absolute atomic E-state index is 0.219. The van der Waals surface area contributed by atoms with Gasteiger partial charge in [-0.2, -0.15) is 14.9 Å². The number of rotatable bonds is 1. The molecule has 0 N–H and O–H groups in total. The lowest BCUT2D eigenvalue weighted by atomic mass is 10.1. The van der Waals surface area contributed by atoms with Crippen molar-refractivity contribution in [2.75, 3.05) is 0 Å². The number of fused-ring (bicyclic) bond motifs is 1. The summed E-state index contributed by atoms with van der Waals surface area (Å²) in [6.45, 7) is 1.93. The maximum Gasteiger partial charge on any atom is 0.271 e. The van der Waals surface area contributed by atoms with Gasteiger partial charge >= 0.3 is 0 Å². The van der Waals surface area contributed by atoms with Crippen LogP contribution >= 0.6 is 11.6 Å². The molecule has 0 bridgehead atoms. The van der Waals surface area contributed by atoms with Crippen LogP contribution in [-0.4, -0.2) is 19.6 Å². The fraction of sp³-hybridized carbons (Fsp3) is 0.154. The Morgan fingerprint density at radius 3 is 2.79 bits per heavy atom. The first kappa shape index (κ1) is 11.9. The molecule has 0 aliphatic heterocycles. The van der Waals surface area contributed by atoms with Crippen molar-refractivity contribution in [2.24, 2.45) is 7.05 Å². The summed E-state index contributed by atoms with van der Waals surface area (Å²) < 4.78 is 3.08. The molecule has 5 nitrogen and oxygen atoms in total. The highest BCUT2D eigenvalue weighted by molar-refractivity contribution is 6.29. The Bertz CT molecular complexity index is 834. The van der Waals surface area contributed by atoms with Crippen LogP contribution in [0.5, 0.6) is 0 Å². The summed E-state index contributed by atoms with van der Waals surface area (Å²) in [7, 11) is 1.86. The molecule has 1 aromatic carbocycles.